The number of benzene rings is 1. The fourth-order valence-corrected chi connectivity index (χ4v) is 5.71. The molecule has 0 radical (unpaired) electrons. The fraction of sp³-hybridized carbons (Fsp3) is 0.600. The molecule has 0 saturated carbocycles. The highest BCUT2D eigenvalue weighted by atomic mass is 32.2. The highest BCUT2D eigenvalue weighted by Crippen LogP contribution is 2.44. The molecule has 0 bridgehead atoms. The summed E-state index contributed by atoms with van der Waals surface area (Å²) < 4.78 is 36.0. The Bertz CT molecular complexity index is 1050. The van der Waals surface area contributed by atoms with Gasteiger partial charge in [0.05, 0.1) is 18.1 Å². The lowest BCUT2D eigenvalue weighted by atomic mass is 9.89. The summed E-state index contributed by atoms with van der Waals surface area (Å²) in [6.07, 6.45) is 8.47. The van der Waals surface area contributed by atoms with E-state index in [1.807, 2.05) is 49.7 Å². The summed E-state index contributed by atoms with van der Waals surface area (Å²) >= 11 is 0. The van der Waals surface area contributed by atoms with Gasteiger partial charge in [0.2, 0.25) is 15.9 Å². The van der Waals surface area contributed by atoms with Gasteiger partial charge >= 0.3 is 0 Å². The van der Waals surface area contributed by atoms with Crippen LogP contribution < -0.4 is 10.1 Å². The van der Waals surface area contributed by atoms with E-state index in [2.05, 4.69) is 10.3 Å². The summed E-state index contributed by atoms with van der Waals surface area (Å²) in [6, 6.07) is 5.68. The largest absolute Gasteiger partial charge is 0.487 e. The standard InChI is InChI=1S/C25H38N4O4S/c1-5-34(31,32)29(22-18-25(3,4)33-23-11-10-20(2)17-21(22)23)15-7-6-9-24(30)27-12-8-14-28-16-13-26-19-28/h10-11,13,16-17,19,22H,5-9,12,14-15,18H2,1-4H3,(H,27,30). The SMILES string of the molecule is CCS(=O)(=O)N(CCCCC(=O)NCCCn1ccnc1)C1CC(C)(C)Oc2ccc(C)cc21. The van der Waals surface area contributed by atoms with Gasteiger partial charge in [-0.1, -0.05) is 17.7 Å². The third-order valence-corrected chi connectivity index (χ3v) is 8.05. The van der Waals surface area contributed by atoms with E-state index in [0.717, 1.165) is 29.8 Å². The number of ether oxygens (including phenoxy) is 1. The molecule has 1 unspecified atom stereocenters. The maximum atomic E-state index is 13.1. The van der Waals surface area contributed by atoms with Crippen LogP contribution in [0, 0.1) is 6.92 Å². The van der Waals surface area contributed by atoms with Crippen molar-refractivity contribution in [1.82, 2.24) is 19.2 Å². The number of carbonyl (C=O) groups is 1. The van der Waals surface area contributed by atoms with Gasteiger partial charge in [0.25, 0.3) is 0 Å². The minimum absolute atomic E-state index is 0.00343. The van der Waals surface area contributed by atoms with Gasteiger partial charge in [-0.25, -0.2) is 13.4 Å². The molecule has 2 heterocycles. The molecular weight excluding hydrogens is 452 g/mol. The molecule has 1 aromatic carbocycles. The van der Waals surface area contributed by atoms with Gasteiger partial charge in [0, 0.05) is 50.4 Å². The number of nitrogens with one attached hydrogen (secondary N) is 1. The zero-order valence-corrected chi connectivity index (χ0v) is 21.6. The second-order valence-corrected chi connectivity index (χ2v) is 11.8. The van der Waals surface area contributed by atoms with Crippen LogP contribution in [0.15, 0.2) is 36.9 Å². The monoisotopic (exact) mass is 490 g/mol. The molecule has 0 fully saturated rings. The summed E-state index contributed by atoms with van der Waals surface area (Å²) in [6.45, 7) is 9.49. The summed E-state index contributed by atoms with van der Waals surface area (Å²) in [5.41, 5.74) is 1.53. The van der Waals surface area contributed by atoms with Crippen LogP contribution in [0.1, 0.15) is 70.0 Å². The van der Waals surface area contributed by atoms with Crippen LogP contribution in [0.4, 0.5) is 0 Å². The average Bonchev–Trinajstić information content (AvgIpc) is 3.30. The molecule has 1 N–H and O–H groups in total. The molecule has 9 heteroatoms. The van der Waals surface area contributed by atoms with Gasteiger partial charge in [-0.2, -0.15) is 4.31 Å². The van der Waals surface area contributed by atoms with E-state index in [-0.39, 0.29) is 17.7 Å². The van der Waals surface area contributed by atoms with Crippen molar-refractivity contribution in [3.63, 3.8) is 0 Å². The highest BCUT2D eigenvalue weighted by molar-refractivity contribution is 7.89. The third kappa shape index (κ3) is 7.06. The first-order valence-electron chi connectivity index (χ1n) is 12.1. The molecule has 1 aliphatic heterocycles. The number of carbonyl (C=O) groups excluding carboxylic acids is 1. The van der Waals surface area contributed by atoms with E-state index in [0.29, 0.717) is 38.8 Å². The Morgan fingerprint density at radius 3 is 2.79 bits per heavy atom. The number of nitrogens with zero attached hydrogens (tertiary/aromatic N) is 3. The number of hydrogen-bond acceptors (Lipinski definition) is 5. The Kier molecular flexibility index (Phi) is 8.76. The summed E-state index contributed by atoms with van der Waals surface area (Å²) in [7, 11) is -3.44. The molecule has 3 rings (SSSR count). The van der Waals surface area contributed by atoms with Crippen LogP contribution in [0.5, 0.6) is 5.75 Å². The predicted molar refractivity (Wildman–Crippen MR) is 133 cm³/mol. The van der Waals surface area contributed by atoms with Crippen molar-refractivity contribution in [1.29, 1.82) is 0 Å². The normalized spacial score (nSPS) is 17.3. The van der Waals surface area contributed by atoms with Gasteiger partial charge in [-0.3, -0.25) is 4.79 Å². The van der Waals surface area contributed by atoms with E-state index in [1.54, 1.807) is 23.8 Å². The number of aromatic nitrogens is 2. The second-order valence-electron chi connectivity index (χ2n) is 9.60. The van der Waals surface area contributed by atoms with Crippen LogP contribution in [0.25, 0.3) is 0 Å². The molecule has 2 aromatic rings. The molecule has 1 aromatic heterocycles. The molecule has 0 spiro atoms. The lowest BCUT2D eigenvalue weighted by molar-refractivity contribution is -0.121. The topological polar surface area (TPSA) is 93.5 Å². The van der Waals surface area contributed by atoms with Crippen LogP contribution in [-0.2, 0) is 21.4 Å². The number of amides is 1. The van der Waals surface area contributed by atoms with E-state index >= 15 is 0 Å². The van der Waals surface area contributed by atoms with Gasteiger partial charge in [-0.05, 0) is 53.0 Å². The molecule has 0 aliphatic carbocycles. The predicted octanol–water partition coefficient (Wildman–Crippen LogP) is 3.82. The van der Waals surface area contributed by atoms with Crippen molar-refractivity contribution < 1.29 is 17.9 Å². The Labute approximate surface area is 203 Å². The van der Waals surface area contributed by atoms with Crippen LogP contribution >= 0.6 is 0 Å². The third-order valence-electron chi connectivity index (χ3n) is 6.17. The number of fused-ring (bicyclic) bond motifs is 1. The number of unbranched alkanes of at least 4 members (excludes halogenated alkanes) is 1. The average molecular weight is 491 g/mol. The van der Waals surface area contributed by atoms with Crippen LogP contribution in [0.2, 0.25) is 0 Å². The molecule has 1 aliphatic rings. The van der Waals surface area contributed by atoms with E-state index in [4.69, 9.17) is 4.74 Å². The van der Waals surface area contributed by atoms with Crippen LogP contribution in [0.3, 0.4) is 0 Å². The van der Waals surface area contributed by atoms with E-state index in [1.165, 1.54) is 0 Å². The Balaban J connectivity index is 1.57. The maximum absolute atomic E-state index is 13.1. The van der Waals surface area contributed by atoms with Gasteiger partial charge in [0.15, 0.2) is 0 Å². The minimum atomic E-state index is -3.44. The molecule has 1 atom stereocenters. The fourth-order valence-electron chi connectivity index (χ4n) is 4.40. The van der Waals surface area contributed by atoms with Crippen molar-refractivity contribution >= 4 is 15.9 Å². The zero-order chi connectivity index (χ0) is 24.8. The molecule has 8 nitrogen and oxygen atoms in total. The first kappa shape index (κ1) is 26.2. The summed E-state index contributed by atoms with van der Waals surface area (Å²) in [4.78, 5) is 16.2. The lowest BCUT2D eigenvalue weighted by Gasteiger charge is -2.42. The van der Waals surface area contributed by atoms with Gasteiger partial charge in [-0.15, -0.1) is 0 Å². The maximum Gasteiger partial charge on any atom is 0.219 e. The lowest BCUT2D eigenvalue weighted by Crippen LogP contribution is -2.44. The Hall–Kier alpha value is -2.39. The Morgan fingerprint density at radius 1 is 1.29 bits per heavy atom. The van der Waals surface area contributed by atoms with Crippen molar-refractivity contribution in [3.8, 4) is 5.75 Å². The molecule has 188 valence electrons. The van der Waals surface area contributed by atoms with Crippen molar-refractivity contribution in [2.75, 3.05) is 18.8 Å². The van der Waals surface area contributed by atoms with Crippen molar-refractivity contribution in [3.05, 3.63) is 48.0 Å². The molecule has 0 saturated heterocycles. The summed E-state index contributed by atoms with van der Waals surface area (Å²) in [5, 5.41) is 2.95. The summed E-state index contributed by atoms with van der Waals surface area (Å²) in [5.74, 6) is 0.797. The first-order chi connectivity index (χ1) is 16.1. The number of sulfonamides is 1. The van der Waals surface area contributed by atoms with Crippen molar-refractivity contribution in [2.45, 2.75) is 78.0 Å². The first-order valence-corrected chi connectivity index (χ1v) is 13.7. The number of hydrogen-bond donors (Lipinski definition) is 1. The molecule has 34 heavy (non-hydrogen) atoms. The number of aryl methyl sites for hydroxylation is 2. The highest BCUT2D eigenvalue weighted by Gasteiger charge is 2.40. The quantitative estimate of drug-likeness (QED) is 0.457. The van der Waals surface area contributed by atoms with E-state index < -0.39 is 15.6 Å². The van der Waals surface area contributed by atoms with Crippen molar-refractivity contribution in [2.24, 2.45) is 0 Å². The van der Waals surface area contributed by atoms with Gasteiger partial charge in [0.1, 0.15) is 11.4 Å². The van der Waals surface area contributed by atoms with Crippen LogP contribution in [-0.4, -0.2) is 52.6 Å². The Morgan fingerprint density at radius 2 is 2.09 bits per heavy atom. The van der Waals surface area contributed by atoms with E-state index in [9.17, 15) is 13.2 Å². The minimum Gasteiger partial charge on any atom is -0.487 e. The second kappa shape index (κ2) is 11.4. The number of rotatable bonds is 12. The van der Waals surface area contributed by atoms with Gasteiger partial charge < -0.3 is 14.6 Å². The zero-order valence-electron chi connectivity index (χ0n) is 20.8. The smallest absolute Gasteiger partial charge is 0.219 e. The number of imidazole rings is 1. The molecule has 1 amide bonds. The molecular formula is C25H38N4O4S.